The molecule has 1 aromatic heterocycles. The first kappa shape index (κ1) is 14.2. The Bertz CT molecular complexity index is 306. The molecule has 2 unspecified atom stereocenters. The van der Waals surface area contributed by atoms with E-state index in [0.717, 1.165) is 13.1 Å². The minimum absolute atomic E-state index is 0.442. The third-order valence-corrected chi connectivity index (χ3v) is 3.29. The van der Waals surface area contributed by atoms with Crippen LogP contribution in [-0.2, 0) is 6.54 Å². The third kappa shape index (κ3) is 3.84. The number of nitrogens with one attached hydrogen (secondary N) is 1. The van der Waals surface area contributed by atoms with Crippen LogP contribution in [0.2, 0.25) is 0 Å². The van der Waals surface area contributed by atoms with Crippen molar-refractivity contribution in [2.75, 3.05) is 6.54 Å². The van der Waals surface area contributed by atoms with Gasteiger partial charge < -0.3 is 5.32 Å². The quantitative estimate of drug-likeness (QED) is 0.751. The van der Waals surface area contributed by atoms with Crippen molar-refractivity contribution in [3.8, 4) is 0 Å². The molecule has 0 aromatic carbocycles. The molecule has 17 heavy (non-hydrogen) atoms. The SMILES string of the molecule is CCCNC(c1ccnn1CC)C(C)CCC. The Kier molecular flexibility index (Phi) is 6.27. The molecule has 0 saturated carbocycles. The van der Waals surface area contributed by atoms with E-state index >= 15 is 0 Å². The van der Waals surface area contributed by atoms with Gasteiger partial charge in [-0.2, -0.15) is 5.10 Å². The Morgan fingerprint density at radius 1 is 1.29 bits per heavy atom. The van der Waals surface area contributed by atoms with Crippen LogP contribution in [0.4, 0.5) is 0 Å². The summed E-state index contributed by atoms with van der Waals surface area (Å²) in [5.74, 6) is 0.661. The van der Waals surface area contributed by atoms with Gasteiger partial charge in [-0.05, 0) is 38.3 Å². The topological polar surface area (TPSA) is 29.9 Å². The van der Waals surface area contributed by atoms with Gasteiger partial charge in [0.1, 0.15) is 0 Å². The Labute approximate surface area is 106 Å². The molecular formula is C14H27N3. The lowest BCUT2D eigenvalue weighted by atomic mass is 9.94. The second kappa shape index (κ2) is 7.49. The summed E-state index contributed by atoms with van der Waals surface area (Å²) in [5.41, 5.74) is 1.34. The van der Waals surface area contributed by atoms with Crippen LogP contribution in [-0.4, -0.2) is 16.3 Å². The van der Waals surface area contributed by atoms with Crippen molar-refractivity contribution in [1.82, 2.24) is 15.1 Å². The molecule has 98 valence electrons. The second-order valence-corrected chi connectivity index (χ2v) is 4.77. The van der Waals surface area contributed by atoms with E-state index in [2.05, 4.69) is 48.9 Å². The number of rotatable bonds is 8. The highest BCUT2D eigenvalue weighted by atomic mass is 15.3. The Hall–Kier alpha value is -0.830. The minimum Gasteiger partial charge on any atom is -0.308 e. The zero-order valence-corrected chi connectivity index (χ0v) is 11.7. The minimum atomic E-state index is 0.442. The van der Waals surface area contributed by atoms with Gasteiger partial charge in [-0.1, -0.05) is 27.2 Å². The normalized spacial score (nSPS) is 14.8. The lowest BCUT2D eigenvalue weighted by Crippen LogP contribution is -2.29. The fourth-order valence-corrected chi connectivity index (χ4v) is 2.39. The molecule has 3 heteroatoms. The van der Waals surface area contributed by atoms with E-state index in [0.29, 0.717) is 12.0 Å². The zero-order chi connectivity index (χ0) is 12.7. The van der Waals surface area contributed by atoms with Crippen molar-refractivity contribution >= 4 is 0 Å². The first-order valence-corrected chi connectivity index (χ1v) is 6.99. The Balaban J connectivity index is 2.81. The van der Waals surface area contributed by atoms with Gasteiger partial charge in [0.25, 0.3) is 0 Å². The summed E-state index contributed by atoms with van der Waals surface area (Å²) in [7, 11) is 0. The fourth-order valence-electron chi connectivity index (χ4n) is 2.39. The second-order valence-electron chi connectivity index (χ2n) is 4.77. The molecule has 0 fully saturated rings. The van der Waals surface area contributed by atoms with E-state index in [9.17, 15) is 0 Å². The average Bonchev–Trinajstić information content (AvgIpc) is 2.78. The van der Waals surface area contributed by atoms with Gasteiger partial charge in [-0.3, -0.25) is 4.68 Å². The van der Waals surface area contributed by atoms with Gasteiger partial charge in [-0.15, -0.1) is 0 Å². The van der Waals surface area contributed by atoms with Crippen LogP contribution >= 0.6 is 0 Å². The van der Waals surface area contributed by atoms with Gasteiger partial charge in [0.2, 0.25) is 0 Å². The summed E-state index contributed by atoms with van der Waals surface area (Å²) in [4.78, 5) is 0. The molecule has 3 nitrogen and oxygen atoms in total. The van der Waals surface area contributed by atoms with E-state index in [-0.39, 0.29) is 0 Å². The maximum Gasteiger partial charge on any atom is 0.0556 e. The van der Waals surface area contributed by atoms with Gasteiger partial charge in [0, 0.05) is 12.7 Å². The van der Waals surface area contributed by atoms with Gasteiger partial charge in [-0.25, -0.2) is 0 Å². The molecule has 0 aliphatic heterocycles. The molecule has 0 amide bonds. The standard InChI is InChI=1S/C14H27N3/c1-5-8-12(4)14(15-10-6-2)13-9-11-16-17(13)7-3/h9,11-12,14-15H,5-8,10H2,1-4H3. The molecule has 0 spiro atoms. The van der Waals surface area contributed by atoms with E-state index in [1.807, 2.05) is 6.20 Å². The molecule has 1 rings (SSSR count). The predicted molar refractivity (Wildman–Crippen MR) is 73.0 cm³/mol. The Morgan fingerprint density at radius 3 is 2.65 bits per heavy atom. The van der Waals surface area contributed by atoms with Gasteiger partial charge in [0.05, 0.1) is 11.7 Å². The van der Waals surface area contributed by atoms with E-state index in [4.69, 9.17) is 0 Å². The summed E-state index contributed by atoms with van der Waals surface area (Å²) in [6, 6.07) is 2.60. The molecular weight excluding hydrogens is 210 g/mol. The van der Waals surface area contributed by atoms with Crippen molar-refractivity contribution in [2.24, 2.45) is 5.92 Å². The summed E-state index contributed by atoms with van der Waals surface area (Å²) in [5, 5.41) is 8.05. The molecule has 0 aliphatic carbocycles. The highest BCUT2D eigenvalue weighted by molar-refractivity contribution is 5.08. The van der Waals surface area contributed by atoms with Crippen LogP contribution in [0.15, 0.2) is 12.3 Å². The van der Waals surface area contributed by atoms with E-state index < -0.39 is 0 Å². The van der Waals surface area contributed by atoms with Crippen LogP contribution in [0.5, 0.6) is 0 Å². The number of aryl methyl sites for hydroxylation is 1. The molecule has 0 bridgehead atoms. The summed E-state index contributed by atoms with van der Waals surface area (Å²) < 4.78 is 2.11. The van der Waals surface area contributed by atoms with Crippen LogP contribution in [0.25, 0.3) is 0 Å². The molecule has 1 aromatic rings. The van der Waals surface area contributed by atoms with Crippen molar-refractivity contribution in [1.29, 1.82) is 0 Å². The molecule has 1 N–H and O–H groups in total. The number of hydrogen-bond acceptors (Lipinski definition) is 2. The lowest BCUT2D eigenvalue weighted by molar-refractivity contribution is 0.343. The van der Waals surface area contributed by atoms with E-state index in [1.165, 1.54) is 25.0 Å². The Morgan fingerprint density at radius 2 is 2.06 bits per heavy atom. The number of aromatic nitrogens is 2. The summed E-state index contributed by atoms with van der Waals surface area (Å²) >= 11 is 0. The predicted octanol–water partition coefficient (Wildman–Crippen LogP) is 3.38. The van der Waals surface area contributed by atoms with Crippen molar-refractivity contribution < 1.29 is 0 Å². The van der Waals surface area contributed by atoms with Crippen molar-refractivity contribution in [2.45, 2.75) is 59.5 Å². The molecule has 0 saturated heterocycles. The van der Waals surface area contributed by atoms with Crippen LogP contribution in [0, 0.1) is 5.92 Å². The van der Waals surface area contributed by atoms with Gasteiger partial charge in [0.15, 0.2) is 0 Å². The smallest absolute Gasteiger partial charge is 0.0556 e. The van der Waals surface area contributed by atoms with Crippen LogP contribution < -0.4 is 5.32 Å². The third-order valence-electron chi connectivity index (χ3n) is 3.29. The highest BCUT2D eigenvalue weighted by Crippen LogP contribution is 2.25. The fraction of sp³-hybridized carbons (Fsp3) is 0.786. The highest BCUT2D eigenvalue weighted by Gasteiger charge is 2.20. The molecule has 1 heterocycles. The van der Waals surface area contributed by atoms with Crippen LogP contribution in [0.1, 0.15) is 58.7 Å². The van der Waals surface area contributed by atoms with Crippen molar-refractivity contribution in [3.63, 3.8) is 0 Å². The number of hydrogen-bond donors (Lipinski definition) is 1. The van der Waals surface area contributed by atoms with Crippen molar-refractivity contribution in [3.05, 3.63) is 18.0 Å². The monoisotopic (exact) mass is 237 g/mol. The number of nitrogens with zero attached hydrogens (tertiary/aromatic N) is 2. The maximum absolute atomic E-state index is 4.38. The lowest BCUT2D eigenvalue weighted by Gasteiger charge is -2.25. The molecule has 0 radical (unpaired) electrons. The summed E-state index contributed by atoms with van der Waals surface area (Å²) in [6.45, 7) is 11.0. The maximum atomic E-state index is 4.38. The summed E-state index contributed by atoms with van der Waals surface area (Å²) in [6.07, 6.45) is 5.59. The zero-order valence-electron chi connectivity index (χ0n) is 11.7. The average molecular weight is 237 g/mol. The van der Waals surface area contributed by atoms with Gasteiger partial charge >= 0.3 is 0 Å². The first-order valence-electron chi connectivity index (χ1n) is 6.99. The van der Waals surface area contributed by atoms with E-state index in [1.54, 1.807) is 0 Å². The largest absolute Gasteiger partial charge is 0.308 e. The van der Waals surface area contributed by atoms with Crippen LogP contribution in [0.3, 0.4) is 0 Å². The molecule has 2 atom stereocenters. The first-order chi connectivity index (χ1) is 8.24. The molecule has 0 aliphatic rings.